The zero-order valence-electron chi connectivity index (χ0n) is 10.6. The van der Waals surface area contributed by atoms with Crippen molar-refractivity contribution in [2.45, 2.75) is 44.3 Å². The van der Waals surface area contributed by atoms with Gasteiger partial charge in [0, 0.05) is 13.1 Å². The highest BCUT2D eigenvalue weighted by atomic mass is 32.2. The lowest BCUT2D eigenvalue weighted by Gasteiger charge is -2.27. The molecule has 2 rings (SSSR count). The Kier molecular flexibility index (Phi) is 4.44. The van der Waals surface area contributed by atoms with Gasteiger partial charge in [0.2, 0.25) is 10.0 Å². The fourth-order valence-corrected chi connectivity index (χ4v) is 4.46. The van der Waals surface area contributed by atoms with Crippen LogP contribution in [0.4, 0.5) is 0 Å². The average Bonchev–Trinajstić information content (AvgIpc) is 2.81. The summed E-state index contributed by atoms with van der Waals surface area (Å²) in [4.78, 5) is 0. The molecule has 0 bridgehead atoms. The molecule has 3 unspecified atom stereocenters. The van der Waals surface area contributed by atoms with Gasteiger partial charge in [0.1, 0.15) is 0 Å². The number of nitrogens with one attached hydrogen (secondary N) is 2. The fraction of sp³-hybridized carbons (Fsp3) is 1.00. The normalized spacial score (nSPS) is 35.0. The van der Waals surface area contributed by atoms with Crippen LogP contribution in [-0.2, 0) is 10.0 Å². The maximum Gasteiger partial charge on any atom is 0.215 e. The molecular weight excluding hydrogens is 236 g/mol. The molecule has 4 nitrogen and oxygen atoms in total. The first-order chi connectivity index (χ1) is 8.08. The van der Waals surface area contributed by atoms with Crippen molar-refractivity contribution in [3.05, 3.63) is 0 Å². The molecule has 3 atom stereocenters. The molecule has 1 saturated carbocycles. The van der Waals surface area contributed by atoms with Crippen LogP contribution in [-0.4, -0.2) is 33.3 Å². The van der Waals surface area contributed by atoms with Crippen LogP contribution in [0.25, 0.3) is 0 Å². The van der Waals surface area contributed by atoms with E-state index in [1.807, 2.05) is 0 Å². The van der Waals surface area contributed by atoms with E-state index in [4.69, 9.17) is 0 Å². The van der Waals surface area contributed by atoms with Crippen molar-refractivity contribution in [3.8, 4) is 0 Å². The summed E-state index contributed by atoms with van der Waals surface area (Å²) < 4.78 is 26.8. The van der Waals surface area contributed by atoms with Crippen LogP contribution in [0, 0.1) is 11.8 Å². The van der Waals surface area contributed by atoms with Gasteiger partial charge in [-0.3, -0.25) is 0 Å². The number of sulfonamides is 1. The lowest BCUT2D eigenvalue weighted by Crippen LogP contribution is -2.39. The van der Waals surface area contributed by atoms with E-state index in [2.05, 4.69) is 17.0 Å². The molecule has 0 spiro atoms. The van der Waals surface area contributed by atoms with Crippen molar-refractivity contribution >= 4 is 10.0 Å². The van der Waals surface area contributed by atoms with E-state index in [0.717, 1.165) is 18.9 Å². The standard InChI is InChI=1S/C12H24N2O2S/c1-10-3-2-4-11(7-10)8-14-17(15,16)12-5-6-13-9-12/h10-14H,2-9H2,1H3. The Morgan fingerprint density at radius 3 is 2.76 bits per heavy atom. The molecule has 100 valence electrons. The number of rotatable bonds is 4. The van der Waals surface area contributed by atoms with Crippen LogP contribution in [0.1, 0.15) is 39.0 Å². The minimum Gasteiger partial charge on any atom is -0.315 e. The minimum atomic E-state index is -3.09. The third-order valence-electron chi connectivity index (χ3n) is 4.07. The quantitative estimate of drug-likeness (QED) is 0.795. The molecule has 2 fully saturated rings. The Labute approximate surface area is 105 Å². The second-order valence-electron chi connectivity index (χ2n) is 5.65. The zero-order valence-corrected chi connectivity index (χ0v) is 11.4. The lowest BCUT2D eigenvalue weighted by atomic mass is 9.83. The Morgan fingerprint density at radius 1 is 1.29 bits per heavy atom. The molecule has 1 aliphatic heterocycles. The molecule has 0 radical (unpaired) electrons. The Morgan fingerprint density at radius 2 is 2.12 bits per heavy atom. The van der Waals surface area contributed by atoms with Gasteiger partial charge in [-0.2, -0.15) is 0 Å². The van der Waals surface area contributed by atoms with E-state index in [1.54, 1.807) is 0 Å². The van der Waals surface area contributed by atoms with E-state index in [9.17, 15) is 8.42 Å². The minimum absolute atomic E-state index is 0.219. The van der Waals surface area contributed by atoms with Crippen molar-refractivity contribution < 1.29 is 8.42 Å². The molecule has 17 heavy (non-hydrogen) atoms. The second-order valence-corrected chi connectivity index (χ2v) is 7.69. The molecule has 0 amide bonds. The molecule has 2 N–H and O–H groups in total. The maximum absolute atomic E-state index is 12.0. The summed E-state index contributed by atoms with van der Waals surface area (Å²) in [7, 11) is -3.09. The largest absolute Gasteiger partial charge is 0.315 e. The lowest BCUT2D eigenvalue weighted by molar-refractivity contribution is 0.283. The summed E-state index contributed by atoms with van der Waals surface area (Å²) in [5.74, 6) is 1.30. The summed E-state index contributed by atoms with van der Waals surface area (Å²) in [5, 5.41) is 2.89. The summed E-state index contributed by atoms with van der Waals surface area (Å²) in [5.41, 5.74) is 0. The Bertz CT molecular complexity index is 336. The highest BCUT2D eigenvalue weighted by Gasteiger charge is 2.29. The van der Waals surface area contributed by atoms with Crippen molar-refractivity contribution in [1.29, 1.82) is 0 Å². The van der Waals surface area contributed by atoms with E-state index in [-0.39, 0.29) is 5.25 Å². The van der Waals surface area contributed by atoms with Crippen LogP contribution in [0.2, 0.25) is 0 Å². The molecule has 1 aliphatic carbocycles. The predicted octanol–water partition coefficient (Wildman–Crippen LogP) is 1.09. The van der Waals surface area contributed by atoms with Gasteiger partial charge in [0.15, 0.2) is 0 Å². The molecule has 0 aromatic rings. The summed E-state index contributed by atoms with van der Waals surface area (Å²) >= 11 is 0. The molecule has 0 aromatic heterocycles. The van der Waals surface area contributed by atoms with Crippen LogP contribution < -0.4 is 10.0 Å². The van der Waals surface area contributed by atoms with Crippen LogP contribution in [0.3, 0.4) is 0 Å². The molecule has 5 heteroatoms. The van der Waals surface area contributed by atoms with Gasteiger partial charge < -0.3 is 5.32 Å². The van der Waals surface area contributed by atoms with Gasteiger partial charge in [-0.1, -0.05) is 19.8 Å². The van der Waals surface area contributed by atoms with Crippen molar-refractivity contribution in [2.24, 2.45) is 11.8 Å². The first-order valence-electron chi connectivity index (χ1n) is 6.77. The van der Waals surface area contributed by atoms with Crippen molar-refractivity contribution in [1.82, 2.24) is 10.0 Å². The van der Waals surface area contributed by atoms with E-state index in [0.29, 0.717) is 19.0 Å². The molecule has 0 aromatic carbocycles. The molecule has 2 aliphatic rings. The van der Waals surface area contributed by atoms with Crippen molar-refractivity contribution in [2.75, 3.05) is 19.6 Å². The summed E-state index contributed by atoms with van der Waals surface area (Å²) in [6.45, 7) is 4.34. The topological polar surface area (TPSA) is 58.2 Å². The third-order valence-corrected chi connectivity index (χ3v) is 5.92. The van der Waals surface area contributed by atoms with Crippen LogP contribution >= 0.6 is 0 Å². The summed E-state index contributed by atoms with van der Waals surface area (Å²) in [6.07, 6.45) is 5.64. The Hall–Kier alpha value is -0.130. The van der Waals surface area contributed by atoms with Gasteiger partial charge in [-0.05, 0) is 37.6 Å². The van der Waals surface area contributed by atoms with Crippen LogP contribution in [0.5, 0.6) is 0 Å². The van der Waals surface area contributed by atoms with Gasteiger partial charge >= 0.3 is 0 Å². The van der Waals surface area contributed by atoms with Gasteiger partial charge in [-0.15, -0.1) is 0 Å². The fourth-order valence-electron chi connectivity index (χ4n) is 2.99. The third kappa shape index (κ3) is 3.66. The van der Waals surface area contributed by atoms with Gasteiger partial charge in [0.25, 0.3) is 0 Å². The first kappa shape index (κ1) is 13.3. The highest BCUT2D eigenvalue weighted by molar-refractivity contribution is 7.90. The van der Waals surface area contributed by atoms with E-state index >= 15 is 0 Å². The van der Waals surface area contributed by atoms with Gasteiger partial charge in [-0.25, -0.2) is 13.1 Å². The Balaban J connectivity index is 1.80. The predicted molar refractivity (Wildman–Crippen MR) is 69.3 cm³/mol. The van der Waals surface area contributed by atoms with E-state index < -0.39 is 10.0 Å². The second kappa shape index (κ2) is 5.67. The van der Waals surface area contributed by atoms with Crippen molar-refractivity contribution in [3.63, 3.8) is 0 Å². The average molecular weight is 260 g/mol. The number of hydrogen-bond donors (Lipinski definition) is 2. The monoisotopic (exact) mass is 260 g/mol. The molecular formula is C12H24N2O2S. The number of hydrogen-bond acceptors (Lipinski definition) is 3. The summed E-state index contributed by atoms with van der Waals surface area (Å²) in [6, 6.07) is 0. The van der Waals surface area contributed by atoms with E-state index in [1.165, 1.54) is 25.7 Å². The highest BCUT2D eigenvalue weighted by Crippen LogP contribution is 2.28. The smallest absolute Gasteiger partial charge is 0.215 e. The molecule has 1 saturated heterocycles. The SMILES string of the molecule is CC1CCCC(CNS(=O)(=O)C2CCNC2)C1. The van der Waals surface area contributed by atoms with Crippen LogP contribution in [0.15, 0.2) is 0 Å². The maximum atomic E-state index is 12.0. The molecule has 1 heterocycles. The van der Waals surface area contributed by atoms with Gasteiger partial charge in [0.05, 0.1) is 5.25 Å². The zero-order chi connectivity index (χ0) is 12.3. The first-order valence-corrected chi connectivity index (χ1v) is 8.32.